The van der Waals surface area contributed by atoms with Crippen molar-refractivity contribution in [3.05, 3.63) is 106 Å². The highest BCUT2D eigenvalue weighted by Gasteiger charge is 2.39. The van der Waals surface area contributed by atoms with Crippen molar-refractivity contribution < 1.29 is 0 Å². The molecule has 0 aromatic heterocycles. The van der Waals surface area contributed by atoms with Gasteiger partial charge in [-0.25, -0.2) is 0 Å². The Labute approximate surface area is 242 Å². The Kier molecular flexibility index (Phi) is 9.49. The van der Waals surface area contributed by atoms with Crippen molar-refractivity contribution in [1.82, 2.24) is 0 Å². The molecule has 39 heavy (non-hydrogen) atoms. The SMILES string of the molecule is CCCNc1ccccc1C(C)(C)C/C=C/C1=C(Cl)C(=C/C=C2/N(CCC)c3ccccc3C2(C)C)/CCC1. The molecule has 1 aliphatic carbocycles. The van der Waals surface area contributed by atoms with Gasteiger partial charge < -0.3 is 10.2 Å². The molecule has 0 atom stereocenters. The minimum atomic E-state index is -0.0235. The van der Waals surface area contributed by atoms with Crippen LogP contribution in [0.2, 0.25) is 0 Å². The monoisotopic (exact) mass is 542 g/mol. The molecule has 0 spiro atoms. The summed E-state index contributed by atoms with van der Waals surface area (Å²) in [5, 5.41) is 4.55. The fourth-order valence-corrected chi connectivity index (χ4v) is 6.40. The highest BCUT2D eigenvalue weighted by molar-refractivity contribution is 6.32. The largest absolute Gasteiger partial charge is 0.385 e. The van der Waals surface area contributed by atoms with Gasteiger partial charge in [-0.1, -0.05) is 108 Å². The number of fused-ring (bicyclic) bond motifs is 1. The molecule has 1 N–H and O–H groups in total. The Hall–Kier alpha value is -2.71. The van der Waals surface area contributed by atoms with Gasteiger partial charge in [0.15, 0.2) is 0 Å². The number of rotatable bonds is 10. The molecule has 3 heteroatoms. The fraction of sp³-hybridized carbons (Fsp3) is 0.444. The quantitative estimate of drug-likeness (QED) is 0.321. The Bertz CT molecular complexity index is 1270. The van der Waals surface area contributed by atoms with E-state index in [1.54, 1.807) is 0 Å². The molecule has 0 fully saturated rings. The zero-order chi connectivity index (χ0) is 28.0. The van der Waals surface area contributed by atoms with Gasteiger partial charge in [-0.05, 0) is 84.4 Å². The highest BCUT2D eigenvalue weighted by atomic mass is 35.5. The number of nitrogens with one attached hydrogen (secondary N) is 1. The molecule has 1 aliphatic heterocycles. The molecule has 1 heterocycles. The van der Waals surface area contributed by atoms with Crippen LogP contribution in [0.25, 0.3) is 0 Å². The molecule has 0 amide bonds. The maximum atomic E-state index is 7.05. The Balaban J connectivity index is 1.55. The summed E-state index contributed by atoms with van der Waals surface area (Å²) < 4.78 is 0. The van der Waals surface area contributed by atoms with Crippen LogP contribution < -0.4 is 10.2 Å². The molecule has 2 nitrogen and oxygen atoms in total. The molecule has 0 bridgehead atoms. The summed E-state index contributed by atoms with van der Waals surface area (Å²) in [6.07, 6.45) is 15.6. The van der Waals surface area contributed by atoms with Crippen LogP contribution in [0.5, 0.6) is 0 Å². The minimum Gasteiger partial charge on any atom is -0.385 e. The first kappa shape index (κ1) is 29.3. The summed E-state index contributed by atoms with van der Waals surface area (Å²) in [7, 11) is 0. The van der Waals surface area contributed by atoms with E-state index in [0.717, 1.165) is 56.6 Å². The van der Waals surface area contributed by atoms with Gasteiger partial charge in [0.25, 0.3) is 0 Å². The number of hydrogen-bond donors (Lipinski definition) is 1. The second kappa shape index (κ2) is 12.6. The number of benzene rings is 2. The summed E-state index contributed by atoms with van der Waals surface area (Å²) in [6.45, 7) is 15.8. The summed E-state index contributed by atoms with van der Waals surface area (Å²) in [5.41, 5.74) is 9.27. The summed E-state index contributed by atoms with van der Waals surface area (Å²) in [5.74, 6) is 0. The lowest BCUT2D eigenvalue weighted by Crippen LogP contribution is -2.26. The molecule has 0 saturated heterocycles. The molecule has 0 radical (unpaired) electrons. The van der Waals surface area contributed by atoms with Gasteiger partial charge >= 0.3 is 0 Å². The summed E-state index contributed by atoms with van der Waals surface area (Å²) in [6, 6.07) is 17.6. The van der Waals surface area contributed by atoms with Gasteiger partial charge in [0, 0.05) is 40.6 Å². The van der Waals surface area contributed by atoms with E-state index in [4.69, 9.17) is 11.6 Å². The number of halogens is 1. The molecular weight excluding hydrogens is 496 g/mol. The van der Waals surface area contributed by atoms with Crippen molar-refractivity contribution in [3.63, 3.8) is 0 Å². The van der Waals surface area contributed by atoms with Crippen molar-refractivity contribution >= 4 is 23.0 Å². The maximum Gasteiger partial charge on any atom is 0.0469 e. The van der Waals surface area contributed by atoms with E-state index >= 15 is 0 Å². The maximum absolute atomic E-state index is 7.05. The number of hydrogen-bond acceptors (Lipinski definition) is 2. The Morgan fingerprint density at radius 1 is 0.974 bits per heavy atom. The first-order chi connectivity index (χ1) is 18.7. The molecule has 208 valence electrons. The van der Waals surface area contributed by atoms with Crippen molar-refractivity contribution in [2.75, 3.05) is 23.3 Å². The van der Waals surface area contributed by atoms with E-state index in [1.165, 1.54) is 39.3 Å². The normalized spacial score (nSPS) is 19.4. The predicted octanol–water partition coefficient (Wildman–Crippen LogP) is 10.4. The van der Waals surface area contributed by atoms with E-state index in [1.807, 2.05) is 0 Å². The van der Waals surface area contributed by atoms with E-state index in [2.05, 4.69) is 125 Å². The van der Waals surface area contributed by atoms with Gasteiger partial charge in [-0.15, -0.1) is 0 Å². The van der Waals surface area contributed by atoms with Crippen LogP contribution >= 0.6 is 11.6 Å². The van der Waals surface area contributed by atoms with Crippen LogP contribution in [0.4, 0.5) is 11.4 Å². The second-order valence-corrected chi connectivity index (χ2v) is 12.6. The third kappa shape index (κ3) is 6.38. The Morgan fingerprint density at radius 2 is 1.72 bits per heavy atom. The van der Waals surface area contributed by atoms with Crippen LogP contribution in [0.15, 0.2) is 94.7 Å². The lowest BCUT2D eigenvalue weighted by Gasteiger charge is -2.27. The number of para-hydroxylation sites is 2. The molecule has 0 unspecified atom stereocenters. The molecule has 2 aromatic carbocycles. The van der Waals surface area contributed by atoms with Gasteiger partial charge in [0.1, 0.15) is 0 Å². The predicted molar refractivity (Wildman–Crippen MR) is 172 cm³/mol. The minimum absolute atomic E-state index is 0.0235. The number of anilines is 2. The third-order valence-electron chi connectivity index (χ3n) is 8.31. The molecular formula is C36H47ClN2. The number of allylic oxidation sites excluding steroid dienone is 8. The smallest absolute Gasteiger partial charge is 0.0469 e. The summed E-state index contributed by atoms with van der Waals surface area (Å²) in [4.78, 5) is 2.50. The lowest BCUT2D eigenvalue weighted by molar-refractivity contribution is 0.535. The third-order valence-corrected chi connectivity index (χ3v) is 8.80. The van der Waals surface area contributed by atoms with Crippen LogP contribution in [0.3, 0.4) is 0 Å². The average molecular weight is 543 g/mol. The topological polar surface area (TPSA) is 15.3 Å². The van der Waals surface area contributed by atoms with Gasteiger partial charge in [-0.3, -0.25) is 0 Å². The molecule has 0 saturated carbocycles. The lowest BCUT2D eigenvalue weighted by atomic mass is 9.80. The van der Waals surface area contributed by atoms with Crippen LogP contribution in [0, 0.1) is 0 Å². The standard InChI is InChI=1S/C36H47ClN2/c1-7-25-38-31-20-11-9-18-29(31)35(3,4)24-14-17-27-15-13-16-28(34(27)37)22-23-33-36(5,6)30-19-10-12-21-32(30)39(33)26-8-2/h9-12,14,17-23,38H,7-8,13,15-16,24-26H2,1-6H3/b17-14+,28-22+,33-23+. The number of nitrogens with zero attached hydrogens (tertiary/aromatic N) is 1. The van der Waals surface area contributed by atoms with Gasteiger partial charge in [0.2, 0.25) is 0 Å². The van der Waals surface area contributed by atoms with Crippen LogP contribution in [-0.2, 0) is 10.8 Å². The first-order valence-corrected chi connectivity index (χ1v) is 15.3. The fourth-order valence-electron chi connectivity index (χ4n) is 6.09. The second-order valence-electron chi connectivity index (χ2n) is 12.2. The summed E-state index contributed by atoms with van der Waals surface area (Å²) >= 11 is 7.05. The van der Waals surface area contributed by atoms with E-state index in [-0.39, 0.29) is 10.8 Å². The van der Waals surface area contributed by atoms with E-state index < -0.39 is 0 Å². The van der Waals surface area contributed by atoms with E-state index in [0.29, 0.717) is 0 Å². The first-order valence-electron chi connectivity index (χ1n) is 14.9. The average Bonchev–Trinajstić information content (AvgIpc) is 3.14. The van der Waals surface area contributed by atoms with Gasteiger partial charge in [0.05, 0.1) is 0 Å². The molecule has 2 aliphatic rings. The van der Waals surface area contributed by atoms with Crippen molar-refractivity contribution in [1.29, 1.82) is 0 Å². The van der Waals surface area contributed by atoms with Crippen molar-refractivity contribution in [3.8, 4) is 0 Å². The molecule has 4 rings (SSSR count). The molecule has 2 aromatic rings. The van der Waals surface area contributed by atoms with Crippen molar-refractivity contribution in [2.24, 2.45) is 0 Å². The highest BCUT2D eigenvalue weighted by Crippen LogP contribution is 2.48. The van der Waals surface area contributed by atoms with Crippen LogP contribution in [0.1, 0.15) is 91.2 Å². The van der Waals surface area contributed by atoms with Crippen molar-refractivity contribution in [2.45, 2.75) is 90.9 Å². The van der Waals surface area contributed by atoms with Crippen LogP contribution in [-0.4, -0.2) is 13.1 Å². The Morgan fingerprint density at radius 3 is 2.49 bits per heavy atom. The van der Waals surface area contributed by atoms with E-state index in [9.17, 15) is 0 Å². The zero-order valence-corrected chi connectivity index (χ0v) is 25.7. The zero-order valence-electron chi connectivity index (χ0n) is 24.9. The van der Waals surface area contributed by atoms with Gasteiger partial charge in [-0.2, -0.15) is 0 Å².